The topological polar surface area (TPSA) is 67.0 Å². The molecule has 0 spiro atoms. The van der Waals surface area contributed by atoms with Crippen molar-refractivity contribution < 1.29 is 4.74 Å². The Bertz CT molecular complexity index is 645. The van der Waals surface area contributed by atoms with Crippen molar-refractivity contribution in [3.63, 3.8) is 0 Å². The van der Waals surface area contributed by atoms with Crippen molar-refractivity contribution in [2.45, 2.75) is 25.3 Å². The Balaban J connectivity index is 1.69. The second kappa shape index (κ2) is 5.36. The van der Waals surface area contributed by atoms with Crippen molar-refractivity contribution >= 4 is 5.82 Å². The van der Waals surface area contributed by atoms with Gasteiger partial charge in [0.15, 0.2) is 0 Å². The zero-order valence-corrected chi connectivity index (χ0v) is 11.3. The summed E-state index contributed by atoms with van der Waals surface area (Å²) >= 11 is 0. The SMILES string of the molecule is COc1ccc(CNc2cc(=O)[nH]c(C3CC3)n2)cc1. The molecule has 2 aromatic rings. The van der Waals surface area contributed by atoms with Gasteiger partial charge in [0.2, 0.25) is 0 Å². The lowest BCUT2D eigenvalue weighted by Gasteiger charge is -2.07. The summed E-state index contributed by atoms with van der Waals surface area (Å²) in [6.07, 6.45) is 2.23. The first-order valence-electron chi connectivity index (χ1n) is 6.72. The van der Waals surface area contributed by atoms with E-state index in [0.717, 1.165) is 30.0 Å². The van der Waals surface area contributed by atoms with Crippen LogP contribution < -0.4 is 15.6 Å². The Morgan fingerprint density at radius 1 is 1.35 bits per heavy atom. The van der Waals surface area contributed by atoms with Gasteiger partial charge in [0.05, 0.1) is 7.11 Å². The average Bonchev–Trinajstić information content (AvgIpc) is 3.30. The molecule has 1 aromatic heterocycles. The third kappa shape index (κ3) is 2.99. The van der Waals surface area contributed by atoms with Gasteiger partial charge >= 0.3 is 0 Å². The molecule has 5 heteroatoms. The first-order valence-corrected chi connectivity index (χ1v) is 6.72. The van der Waals surface area contributed by atoms with E-state index in [1.165, 1.54) is 6.07 Å². The van der Waals surface area contributed by atoms with E-state index in [2.05, 4.69) is 15.3 Å². The molecule has 5 nitrogen and oxygen atoms in total. The Kier molecular flexibility index (Phi) is 3.41. The van der Waals surface area contributed by atoms with Gasteiger partial charge in [-0.25, -0.2) is 4.98 Å². The number of methoxy groups -OCH3 is 1. The lowest BCUT2D eigenvalue weighted by atomic mass is 10.2. The zero-order chi connectivity index (χ0) is 13.9. The van der Waals surface area contributed by atoms with Crippen LogP contribution in [0.5, 0.6) is 5.75 Å². The molecule has 0 saturated heterocycles. The molecule has 1 aliphatic carbocycles. The molecular weight excluding hydrogens is 254 g/mol. The predicted molar refractivity (Wildman–Crippen MR) is 77.2 cm³/mol. The molecule has 1 aliphatic rings. The number of H-pyrrole nitrogens is 1. The van der Waals surface area contributed by atoms with Crippen LogP contribution in [0.25, 0.3) is 0 Å². The largest absolute Gasteiger partial charge is 0.497 e. The van der Waals surface area contributed by atoms with Gasteiger partial charge in [0, 0.05) is 18.5 Å². The second-order valence-electron chi connectivity index (χ2n) is 4.99. The van der Waals surface area contributed by atoms with Crippen LogP contribution in [0.4, 0.5) is 5.82 Å². The molecule has 0 aliphatic heterocycles. The number of rotatable bonds is 5. The summed E-state index contributed by atoms with van der Waals surface area (Å²) in [6, 6.07) is 9.30. The minimum absolute atomic E-state index is 0.0980. The number of benzene rings is 1. The first-order chi connectivity index (χ1) is 9.74. The maximum absolute atomic E-state index is 11.6. The summed E-state index contributed by atoms with van der Waals surface area (Å²) in [5, 5.41) is 3.19. The number of nitrogens with one attached hydrogen (secondary N) is 2. The molecule has 0 atom stereocenters. The minimum atomic E-state index is -0.0980. The second-order valence-corrected chi connectivity index (χ2v) is 4.99. The smallest absolute Gasteiger partial charge is 0.252 e. The number of hydrogen-bond acceptors (Lipinski definition) is 4. The fraction of sp³-hybridized carbons (Fsp3) is 0.333. The molecule has 1 saturated carbocycles. The minimum Gasteiger partial charge on any atom is -0.497 e. The zero-order valence-electron chi connectivity index (χ0n) is 11.3. The molecule has 3 rings (SSSR count). The van der Waals surface area contributed by atoms with E-state index in [4.69, 9.17) is 4.74 Å². The van der Waals surface area contributed by atoms with Crippen molar-refractivity contribution in [3.05, 3.63) is 52.1 Å². The van der Waals surface area contributed by atoms with Crippen LogP contribution in [0.2, 0.25) is 0 Å². The summed E-state index contributed by atoms with van der Waals surface area (Å²) in [5.41, 5.74) is 1.01. The van der Waals surface area contributed by atoms with Crippen LogP contribution >= 0.6 is 0 Å². The third-order valence-electron chi connectivity index (χ3n) is 3.36. The van der Waals surface area contributed by atoms with Crippen molar-refractivity contribution in [1.82, 2.24) is 9.97 Å². The van der Waals surface area contributed by atoms with Crippen LogP contribution in [-0.2, 0) is 6.54 Å². The Hall–Kier alpha value is -2.30. The monoisotopic (exact) mass is 271 g/mol. The summed E-state index contributed by atoms with van der Waals surface area (Å²) < 4.78 is 5.12. The van der Waals surface area contributed by atoms with Gasteiger partial charge in [-0.2, -0.15) is 0 Å². The quantitative estimate of drug-likeness (QED) is 0.875. The first kappa shape index (κ1) is 12.7. The lowest BCUT2D eigenvalue weighted by Crippen LogP contribution is -2.13. The van der Waals surface area contributed by atoms with Gasteiger partial charge in [0.25, 0.3) is 5.56 Å². The van der Waals surface area contributed by atoms with E-state index in [1.807, 2.05) is 24.3 Å². The van der Waals surface area contributed by atoms with Crippen LogP contribution in [0, 0.1) is 0 Å². The van der Waals surface area contributed by atoms with E-state index in [-0.39, 0.29) is 5.56 Å². The fourth-order valence-corrected chi connectivity index (χ4v) is 2.05. The number of aromatic amines is 1. The number of nitrogens with zero attached hydrogens (tertiary/aromatic N) is 1. The molecule has 1 fully saturated rings. The fourth-order valence-electron chi connectivity index (χ4n) is 2.05. The van der Waals surface area contributed by atoms with Crippen molar-refractivity contribution in [2.24, 2.45) is 0 Å². The Morgan fingerprint density at radius 3 is 2.75 bits per heavy atom. The normalized spacial score (nSPS) is 14.1. The molecule has 1 heterocycles. The molecule has 1 aromatic carbocycles. The Morgan fingerprint density at radius 2 is 2.10 bits per heavy atom. The highest BCUT2D eigenvalue weighted by atomic mass is 16.5. The highest BCUT2D eigenvalue weighted by Crippen LogP contribution is 2.37. The van der Waals surface area contributed by atoms with Gasteiger partial charge in [-0.05, 0) is 30.5 Å². The van der Waals surface area contributed by atoms with Gasteiger partial charge in [-0.15, -0.1) is 0 Å². The van der Waals surface area contributed by atoms with Gasteiger partial charge in [-0.1, -0.05) is 12.1 Å². The third-order valence-corrected chi connectivity index (χ3v) is 3.36. The van der Waals surface area contributed by atoms with Crippen LogP contribution in [0.3, 0.4) is 0 Å². The van der Waals surface area contributed by atoms with E-state index < -0.39 is 0 Å². The lowest BCUT2D eigenvalue weighted by molar-refractivity contribution is 0.414. The molecule has 20 heavy (non-hydrogen) atoms. The summed E-state index contributed by atoms with van der Waals surface area (Å²) in [7, 11) is 1.65. The van der Waals surface area contributed by atoms with Gasteiger partial charge < -0.3 is 15.0 Å². The molecule has 0 bridgehead atoms. The Labute approximate surface area is 117 Å². The molecular formula is C15H17N3O2. The van der Waals surface area contributed by atoms with Crippen molar-refractivity contribution in [3.8, 4) is 5.75 Å². The number of anilines is 1. The number of hydrogen-bond donors (Lipinski definition) is 2. The molecule has 0 unspecified atom stereocenters. The number of aromatic nitrogens is 2. The standard InChI is InChI=1S/C15H17N3O2/c1-20-12-6-2-10(3-7-12)9-16-13-8-14(19)18-15(17-13)11-4-5-11/h2-3,6-8,11H,4-5,9H2,1H3,(H2,16,17,18,19). The van der Waals surface area contributed by atoms with E-state index in [1.54, 1.807) is 7.11 Å². The number of ether oxygens (including phenoxy) is 1. The van der Waals surface area contributed by atoms with E-state index >= 15 is 0 Å². The van der Waals surface area contributed by atoms with E-state index in [0.29, 0.717) is 18.3 Å². The van der Waals surface area contributed by atoms with Gasteiger partial charge in [-0.3, -0.25) is 4.79 Å². The van der Waals surface area contributed by atoms with Crippen molar-refractivity contribution in [2.75, 3.05) is 12.4 Å². The van der Waals surface area contributed by atoms with Crippen LogP contribution in [-0.4, -0.2) is 17.1 Å². The summed E-state index contributed by atoms with van der Waals surface area (Å²) in [6.45, 7) is 0.630. The summed E-state index contributed by atoms with van der Waals surface area (Å²) in [4.78, 5) is 18.8. The molecule has 0 radical (unpaired) electrons. The predicted octanol–water partition coefficient (Wildman–Crippen LogP) is 2.27. The van der Waals surface area contributed by atoms with E-state index in [9.17, 15) is 4.79 Å². The van der Waals surface area contributed by atoms with Gasteiger partial charge in [0.1, 0.15) is 17.4 Å². The van der Waals surface area contributed by atoms with Crippen LogP contribution in [0.15, 0.2) is 35.1 Å². The summed E-state index contributed by atoms with van der Waals surface area (Å²) in [5.74, 6) is 2.70. The maximum atomic E-state index is 11.6. The van der Waals surface area contributed by atoms with Crippen molar-refractivity contribution in [1.29, 1.82) is 0 Å². The molecule has 104 valence electrons. The van der Waals surface area contributed by atoms with Crippen LogP contribution in [0.1, 0.15) is 30.1 Å². The maximum Gasteiger partial charge on any atom is 0.252 e. The average molecular weight is 271 g/mol. The highest BCUT2D eigenvalue weighted by molar-refractivity contribution is 5.36. The molecule has 0 amide bonds. The molecule has 2 N–H and O–H groups in total. The highest BCUT2D eigenvalue weighted by Gasteiger charge is 2.26.